The van der Waals surface area contributed by atoms with Crippen molar-refractivity contribution in [3.05, 3.63) is 0 Å². The van der Waals surface area contributed by atoms with Gasteiger partial charge in [0.2, 0.25) is 0 Å². The molecule has 3 nitrogen and oxygen atoms in total. The van der Waals surface area contributed by atoms with E-state index in [0.717, 1.165) is 6.42 Å². The van der Waals surface area contributed by atoms with Crippen LogP contribution in [0.25, 0.3) is 0 Å². The first-order valence-corrected chi connectivity index (χ1v) is 4.59. The quantitative estimate of drug-likeness (QED) is 0.706. The number of carboxylic acids is 1. The summed E-state index contributed by atoms with van der Waals surface area (Å²) in [6.07, 6.45) is 0.952. The van der Waals surface area contributed by atoms with E-state index in [0.29, 0.717) is 0 Å². The van der Waals surface area contributed by atoms with Crippen molar-refractivity contribution in [2.45, 2.75) is 46.6 Å². The first-order valence-electron chi connectivity index (χ1n) is 4.59. The van der Waals surface area contributed by atoms with Gasteiger partial charge in [-0.3, -0.25) is 4.79 Å². The number of nitrogens with one attached hydrogen (secondary N) is 1. The van der Waals surface area contributed by atoms with Gasteiger partial charge in [-0.05, 0) is 25.7 Å². The molecule has 13 heavy (non-hydrogen) atoms. The SMILES string of the molecule is CC(C)(C)CC(C)(C)NCC(=O)O. The number of hydrogen-bond acceptors (Lipinski definition) is 2. The summed E-state index contributed by atoms with van der Waals surface area (Å²) >= 11 is 0. The van der Waals surface area contributed by atoms with E-state index in [4.69, 9.17) is 5.11 Å². The van der Waals surface area contributed by atoms with E-state index < -0.39 is 5.97 Å². The summed E-state index contributed by atoms with van der Waals surface area (Å²) in [7, 11) is 0. The highest BCUT2D eigenvalue weighted by Gasteiger charge is 2.25. The molecule has 0 aliphatic carbocycles. The maximum Gasteiger partial charge on any atom is 0.317 e. The van der Waals surface area contributed by atoms with Crippen LogP contribution in [0.1, 0.15) is 41.0 Å². The van der Waals surface area contributed by atoms with Crippen molar-refractivity contribution in [3.8, 4) is 0 Å². The largest absolute Gasteiger partial charge is 0.480 e. The molecule has 0 heterocycles. The molecule has 0 saturated heterocycles. The van der Waals surface area contributed by atoms with Crippen molar-refractivity contribution >= 4 is 5.97 Å². The molecule has 0 aromatic rings. The fraction of sp³-hybridized carbons (Fsp3) is 0.900. The minimum absolute atomic E-state index is 0.0308. The summed E-state index contributed by atoms with van der Waals surface area (Å²) < 4.78 is 0. The molecule has 0 atom stereocenters. The zero-order chi connectivity index (χ0) is 10.7. The van der Waals surface area contributed by atoms with Gasteiger partial charge in [0.25, 0.3) is 0 Å². The van der Waals surface area contributed by atoms with E-state index >= 15 is 0 Å². The van der Waals surface area contributed by atoms with E-state index in [1.807, 2.05) is 13.8 Å². The van der Waals surface area contributed by atoms with Crippen molar-refractivity contribution in [1.82, 2.24) is 5.32 Å². The number of rotatable bonds is 4. The van der Waals surface area contributed by atoms with Gasteiger partial charge in [0.1, 0.15) is 0 Å². The normalized spacial score (nSPS) is 13.0. The maximum absolute atomic E-state index is 10.3. The lowest BCUT2D eigenvalue weighted by Gasteiger charge is -2.32. The molecule has 0 radical (unpaired) electrons. The minimum Gasteiger partial charge on any atom is -0.480 e. The zero-order valence-electron chi connectivity index (χ0n) is 9.27. The van der Waals surface area contributed by atoms with Gasteiger partial charge in [0.15, 0.2) is 0 Å². The van der Waals surface area contributed by atoms with E-state index in [1.54, 1.807) is 0 Å². The van der Waals surface area contributed by atoms with Crippen LogP contribution < -0.4 is 5.32 Å². The predicted molar refractivity (Wildman–Crippen MR) is 53.8 cm³/mol. The molecule has 0 aliphatic heterocycles. The lowest BCUT2D eigenvalue weighted by molar-refractivity contribution is -0.136. The smallest absolute Gasteiger partial charge is 0.317 e. The molecule has 0 aromatic heterocycles. The first-order chi connectivity index (χ1) is 5.62. The number of carboxylic acid groups (broad SMARTS) is 1. The van der Waals surface area contributed by atoms with Crippen LogP contribution in [0, 0.1) is 5.41 Å². The summed E-state index contributed by atoms with van der Waals surface area (Å²) in [5.74, 6) is -0.804. The molecule has 2 N–H and O–H groups in total. The molecule has 78 valence electrons. The van der Waals surface area contributed by atoms with Crippen molar-refractivity contribution in [2.24, 2.45) is 5.41 Å². The fourth-order valence-corrected chi connectivity index (χ4v) is 1.70. The first kappa shape index (κ1) is 12.4. The second-order valence-electron chi connectivity index (χ2n) is 5.37. The van der Waals surface area contributed by atoms with Gasteiger partial charge in [0, 0.05) is 5.54 Å². The highest BCUT2D eigenvalue weighted by atomic mass is 16.4. The van der Waals surface area contributed by atoms with Crippen molar-refractivity contribution in [3.63, 3.8) is 0 Å². The summed E-state index contributed by atoms with van der Waals surface area (Å²) in [5, 5.41) is 11.5. The van der Waals surface area contributed by atoms with Gasteiger partial charge in [-0.15, -0.1) is 0 Å². The molecule has 0 aromatic carbocycles. The topological polar surface area (TPSA) is 49.3 Å². The molecule has 0 bridgehead atoms. The Hall–Kier alpha value is -0.570. The second kappa shape index (κ2) is 4.09. The van der Waals surface area contributed by atoms with Gasteiger partial charge in [-0.2, -0.15) is 0 Å². The van der Waals surface area contributed by atoms with Crippen LogP contribution in [-0.4, -0.2) is 23.2 Å². The Labute approximate surface area is 80.5 Å². The van der Waals surface area contributed by atoms with Crippen LogP contribution in [0.5, 0.6) is 0 Å². The third-order valence-corrected chi connectivity index (χ3v) is 1.69. The lowest BCUT2D eigenvalue weighted by Crippen LogP contribution is -2.44. The van der Waals surface area contributed by atoms with Gasteiger partial charge >= 0.3 is 5.97 Å². The Morgan fingerprint density at radius 1 is 1.23 bits per heavy atom. The van der Waals surface area contributed by atoms with Crippen LogP contribution in [0.4, 0.5) is 0 Å². The highest BCUT2D eigenvalue weighted by molar-refractivity contribution is 5.69. The summed E-state index contributed by atoms with van der Waals surface area (Å²) in [6.45, 7) is 10.5. The lowest BCUT2D eigenvalue weighted by atomic mass is 9.82. The Morgan fingerprint density at radius 3 is 2.00 bits per heavy atom. The average molecular weight is 187 g/mol. The van der Waals surface area contributed by atoms with Crippen molar-refractivity contribution in [1.29, 1.82) is 0 Å². The minimum atomic E-state index is -0.804. The number of carbonyl (C=O) groups is 1. The molecule has 0 rings (SSSR count). The van der Waals surface area contributed by atoms with Gasteiger partial charge in [-0.25, -0.2) is 0 Å². The Kier molecular flexibility index (Phi) is 3.91. The molecular formula is C10H21NO2. The Morgan fingerprint density at radius 2 is 1.69 bits per heavy atom. The third-order valence-electron chi connectivity index (χ3n) is 1.69. The summed E-state index contributed by atoms with van der Waals surface area (Å²) in [6, 6.07) is 0. The molecule has 3 heteroatoms. The molecule has 0 fully saturated rings. The van der Waals surface area contributed by atoms with E-state index in [1.165, 1.54) is 0 Å². The summed E-state index contributed by atoms with van der Waals surface area (Å²) in [5.41, 5.74) is 0.103. The van der Waals surface area contributed by atoms with Crippen LogP contribution in [-0.2, 0) is 4.79 Å². The molecule has 0 spiro atoms. The maximum atomic E-state index is 10.3. The Bertz CT molecular complexity index is 180. The fourth-order valence-electron chi connectivity index (χ4n) is 1.70. The molecule has 0 amide bonds. The highest BCUT2D eigenvalue weighted by Crippen LogP contribution is 2.26. The van der Waals surface area contributed by atoms with Crippen molar-refractivity contribution in [2.75, 3.05) is 6.54 Å². The van der Waals surface area contributed by atoms with Crippen molar-refractivity contribution < 1.29 is 9.90 Å². The van der Waals surface area contributed by atoms with Crippen LogP contribution in [0.3, 0.4) is 0 Å². The number of hydrogen-bond donors (Lipinski definition) is 2. The van der Waals surface area contributed by atoms with Crippen LogP contribution >= 0.6 is 0 Å². The third kappa shape index (κ3) is 7.78. The van der Waals surface area contributed by atoms with Gasteiger partial charge < -0.3 is 10.4 Å². The standard InChI is InChI=1S/C10H21NO2/c1-9(2,3)7-10(4,5)11-6-8(12)13/h11H,6-7H2,1-5H3,(H,12,13). The van der Waals surface area contributed by atoms with Crippen LogP contribution in [0.2, 0.25) is 0 Å². The van der Waals surface area contributed by atoms with Crippen LogP contribution in [0.15, 0.2) is 0 Å². The van der Waals surface area contributed by atoms with Gasteiger partial charge in [0.05, 0.1) is 6.54 Å². The predicted octanol–water partition coefficient (Wildman–Crippen LogP) is 1.88. The zero-order valence-corrected chi connectivity index (χ0v) is 9.27. The summed E-state index contributed by atoms with van der Waals surface area (Å²) in [4.78, 5) is 10.3. The second-order valence-corrected chi connectivity index (χ2v) is 5.37. The number of aliphatic carboxylic acids is 1. The van der Waals surface area contributed by atoms with E-state index in [9.17, 15) is 4.79 Å². The molecular weight excluding hydrogens is 166 g/mol. The van der Waals surface area contributed by atoms with Gasteiger partial charge in [-0.1, -0.05) is 20.8 Å². The molecule has 0 saturated carbocycles. The Balaban J connectivity index is 4.01. The molecule has 0 aliphatic rings. The monoisotopic (exact) mass is 187 g/mol. The van der Waals surface area contributed by atoms with E-state index in [-0.39, 0.29) is 17.5 Å². The van der Waals surface area contributed by atoms with E-state index in [2.05, 4.69) is 26.1 Å². The average Bonchev–Trinajstić information content (AvgIpc) is 1.78. The molecule has 0 unspecified atom stereocenters.